The Morgan fingerprint density at radius 1 is 1.25 bits per heavy atom. The first-order valence-electron chi connectivity index (χ1n) is 6.33. The zero-order valence-corrected chi connectivity index (χ0v) is 9.73. The molecule has 0 bridgehead atoms. The van der Waals surface area contributed by atoms with Crippen LogP contribution in [0.25, 0.3) is 0 Å². The molecule has 1 unspecified atom stereocenters. The topological polar surface area (TPSA) is 49.8 Å². The van der Waals surface area contributed by atoms with Crippen molar-refractivity contribution in [2.45, 2.75) is 50.7 Å². The molecule has 1 saturated heterocycles. The number of carbonyl (C=O) groups is 1. The van der Waals surface area contributed by atoms with E-state index in [9.17, 15) is 4.79 Å². The molecule has 1 N–H and O–H groups in total. The molecule has 2 fully saturated rings. The molecule has 0 aromatic rings. The lowest BCUT2D eigenvalue weighted by Crippen LogP contribution is -2.52. The molecule has 1 amide bonds. The monoisotopic (exact) mass is 227 g/mol. The summed E-state index contributed by atoms with van der Waals surface area (Å²) < 4.78 is 5.25. The minimum absolute atomic E-state index is 0.0104. The normalized spacial score (nSPS) is 29.2. The average molecular weight is 227 g/mol. The number of rotatable bonds is 2. The van der Waals surface area contributed by atoms with E-state index < -0.39 is 0 Å². The van der Waals surface area contributed by atoms with Crippen molar-refractivity contribution in [1.82, 2.24) is 4.90 Å². The highest BCUT2D eigenvalue weighted by atomic mass is 16.5. The van der Waals surface area contributed by atoms with Gasteiger partial charge in [-0.1, -0.05) is 25.7 Å². The number of aliphatic hydroxyl groups excluding tert-OH is 1. The van der Waals surface area contributed by atoms with Crippen molar-refractivity contribution in [2.75, 3.05) is 19.8 Å². The molecule has 1 saturated carbocycles. The molecular formula is C12H21NO3. The number of amides is 1. The number of hydrogen-bond acceptors (Lipinski definition) is 3. The summed E-state index contributed by atoms with van der Waals surface area (Å²) in [5.41, 5.74) is 0. The van der Waals surface area contributed by atoms with Crippen molar-refractivity contribution in [2.24, 2.45) is 0 Å². The Morgan fingerprint density at radius 3 is 2.56 bits per heavy atom. The van der Waals surface area contributed by atoms with Crippen LogP contribution in [0, 0.1) is 0 Å². The molecule has 0 spiro atoms. The molecule has 92 valence electrons. The number of carbonyl (C=O) groups excluding carboxylic acids is 1. The van der Waals surface area contributed by atoms with Crippen molar-refractivity contribution in [1.29, 1.82) is 0 Å². The molecule has 16 heavy (non-hydrogen) atoms. The lowest BCUT2D eigenvalue weighted by atomic mass is 10.1. The van der Waals surface area contributed by atoms with Crippen molar-refractivity contribution in [3.8, 4) is 0 Å². The molecule has 0 aromatic carbocycles. The lowest BCUT2D eigenvalue weighted by Gasteiger charge is -2.37. The highest BCUT2D eigenvalue weighted by Crippen LogP contribution is 2.23. The molecule has 2 rings (SSSR count). The van der Waals surface area contributed by atoms with Crippen molar-refractivity contribution < 1.29 is 14.6 Å². The van der Waals surface area contributed by atoms with E-state index in [4.69, 9.17) is 9.84 Å². The van der Waals surface area contributed by atoms with Gasteiger partial charge in [0.2, 0.25) is 5.91 Å². The van der Waals surface area contributed by atoms with Gasteiger partial charge in [-0.25, -0.2) is 0 Å². The van der Waals surface area contributed by atoms with E-state index >= 15 is 0 Å². The van der Waals surface area contributed by atoms with Gasteiger partial charge in [-0.15, -0.1) is 0 Å². The number of ether oxygens (including phenoxy) is 1. The molecule has 1 atom stereocenters. The maximum absolute atomic E-state index is 11.8. The zero-order chi connectivity index (χ0) is 11.4. The Balaban J connectivity index is 1.96. The summed E-state index contributed by atoms with van der Waals surface area (Å²) >= 11 is 0. The van der Waals surface area contributed by atoms with Gasteiger partial charge in [0.15, 0.2) is 0 Å². The first-order valence-corrected chi connectivity index (χ1v) is 6.33. The van der Waals surface area contributed by atoms with Crippen LogP contribution in [0.1, 0.15) is 38.5 Å². The predicted octanol–water partition coefficient (Wildman–Crippen LogP) is 0.929. The van der Waals surface area contributed by atoms with Crippen LogP contribution in [0.5, 0.6) is 0 Å². The Morgan fingerprint density at radius 2 is 1.94 bits per heavy atom. The molecular weight excluding hydrogens is 206 g/mol. The maximum Gasteiger partial charge on any atom is 0.248 e. The minimum Gasteiger partial charge on any atom is -0.394 e. The highest BCUT2D eigenvalue weighted by Gasteiger charge is 2.31. The molecule has 0 radical (unpaired) electrons. The standard InChI is InChI=1S/C12H21NO3/c14-8-11-7-13(12(15)9-16-11)10-5-3-1-2-4-6-10/h10-11,14H,1-9H2. The van der Waals surface area contributed by atoms with Crippen LogP contribution >= 0.6 is 0 Å². The first kappa shape index (κ1) is 11.9. The quantitative estimate of drug-likeness (QED) is 0.714. The fourth-order valence-electron chi connectivity index (χ4n) is 2.68. The molecule has 1 aliphatic carbocycles. The Labute approximate surface area is 96.6 Å². The lowest BCUT2D eigenvalue weighted by molar-refractivity contribution is -0.155. The molecule has 4 nitrogen and oxygen atoms in total. The second kappa shape index (κ2) is 5.64. The van der Waals surface area contributed by atoms with E-state index in [-0.39, 0.29) is 25.2 Å². The highest BCUT2D eigenvalue weighted by molar-refractivity contribution is 5.78. The molecule has 4 heteroatoms. The summed E-state index contributed by atoms with van der Waals surface area (Å²) in [7, 11) is 0. The van der Waals surface area contributed by atoms with Gasteiger partial charge in [-0.2, -0.15) is 0 Å². The van der Waals surface area contributed by atoms with Crippen LogP contribution in [0.2, 0.25) is 0 Å². The summed E-state index contributed by atoms with van der Waals surface area (Å²) in [6.45, 7) is 0.720. The van der Waals surface area contributed by atoms with Crippen LogP contribution in [0.4, 0.5) is 0 Å². The summed E-state index contributed by atoms with van der Waals surface area (Å²) in [5.74, 6) is 0.0941. The van der Waals surface area contributed by atoms with E-state index in [0.717, 1.165) is 12.8 Å². The van der Waals surface area contributed by atoms with Crippen LogP contribution < -0.4 is 0 Å². The predicted molar refractivity (Wildman–Crippen MR) is 60.0 cm³/mol. The van der Waals surface area contributed by atoms with Crippen molar-refractivity contribution in [3.05, 3.63) is 0 Å². The first-order chi connectivity index (χ1) is 7.81. The van der Waals surface area contributed by atoms with Gasteiger partial charge in [-0.3, -0.25) is 4.79 Å². The smallest absolute Gasteiger partial charge is 0.248 e. The SMILES string of the molecule is O=C1COC(CO)CN1C1CCCCCC1. The second-order valence-electron chi connectivity index (χ2n) is 4.81. The van der Waals surface area contributed by atoms with E-state index in [1.807, 2.05) is 4.90 Å². The fraction of sp³-hybridized carbons (Fsp3) is 0.917. The summed E-state index contributed by atoms with van der Waals surface area (Å²) in [6.07, 6.45) is 7.07. The minimum atomic E-state index is -0.180. The van der Waals surface area contributed by atoms with E-state index in [2.05, 4.69) is 0 Å². The summed E-state index contributed by atoms with van der Waals surface area (Å²) in [6, 6.07) is 0.382. The second-order valence-corrected chi connectivity index (χ2v) is 4.81. The average Bonchev–Trinajstić information content (AvgIpc) is 2.58. The molecule has 1 heterocycles. The van der Waals surface area contributed by atoms with Crippen molar-refractivity contribution in [3.63, 3.8) is 0 Å². The largest absolute Gasteiger partial charge is 0.394 e. The van der Waals surface area contributed by atoms with Gasteiger partial charge in [-0.05, 0) is 12.8 Å². The van der Waals surface area contributed by atoms with Crippen LogP contribution in [-0.4, -0.2) is 47.8 Å². The van der Waals surface area contributed by atoms with Gasteiger partial charge in [0.1, 0.15) is 6.61 Å². The summed E-state index contributed by atoms with van der Waals surface area (Å²) in [5, 5.41) is 9.09. The Kier molecular flexibility index (Phi) is 4.18. The third-order valence-corrected chi connectivity index (χ3v) is 3.63. The molecule has 1 aliphatic heterocycles. The third kappa shape index (κ3) is 2.74. The van der Waals surface area contributed by atoms with Crippen LogP contribution in [0.15, 0.2) is 0 Å². The third-order valence-electron chi connectivity index (χ3n) is 3.63. The van der Waals surface area contributed by atoms with Gasteiger partial charge in [0.25, 0.3) is 0 Å². The van der Waals surface area contributed by atoms with E-state index in [1.165, 1.54) is 25.7 Å². The van der Waals surface area contributed by atoms with Gasteiger partial charge in [0.05, 0.1) is 12.7 Å². The van der Waals surface area contributed by atoms with Crippen molar-refractivity contribution >= 4 is 5.91 Å². The van der Waals surface area contributed by atoms with Crippen LogP contribution in [-0.2, 0) is 9.53 Å². The number of hydrogen-bond donors (Lipinski definition) is 1. The van der Waals surface area contributed by atoms with E-state index in [1.54, 1.807) is 0 Å². The summed E-state index contributed by atoms with van der Waals surface area (Å²) in [4.78, 5) is 13.7. The number of nitrogens with zero attached hydrogens (tertiary/aromatic N) is 1. The van der Waals surface area contributed by atoms with E-state index in [0.29, 0.717) is 12.6 Å². The van der Waals surface area contributed by atoms with Crippen LogP contribution in [0.3, 0.4) is 0 Å². The fourth-order valence-corrected chi connectivity index (χ4v) is 2.68. The van der Waals surface area contributed by atoms with Gasteiger partial charge < -0.3 is 14.7 Å². The van der Waals surface area contributed by atoms with Gasteiger partial charge >= 0.3 is 0 Å². The zero-order valence-electron chi connectivity index (χ0n) is 9.73. The number of morpholine rings is 1. The van der Waals surface area contributed by atoms with Gasteiger partial charge in [0, 0.05) is 12.6 Å². The molecule has 2 aliphatic rings. The Bertz CT molecular complexity index is 236. The maximum atomic E-state index is 11.8. The number of aliphatic hydroxyl groups is 1. The Hall–Kier alpha value is -0.610. The molecule has 0 aromatic heterocycles.